The molecular formula is C45H38O14. The number of aliphatic hydroxyl groups is 1. The van der Waals surface area contributed by atoms with Crippen LogP contribution >= 0.6 is 0 Å². The number of hydrogen-bond donors (Lipinski definition) is 1. The van der Waals surface area contributed by atoms with Gasteiger partial charge in [-0.1, -0.05) is 91.0 Å². The van der Waals surface area contributed by atoms with E-state index in [-0.39, 0.29) is 27.8 Å². The summed E-state index contributed by atoms with van der Waals surface area (Å²) in [6.07, 6.45) is -12.8. The number of aliphatic hydroxyl groups excluding tert-OH is 1. The van der Waals surface area contributed by atoms with E-state index in [0.717, 1.165) is 0 Å². The van der Waals surface area contributed by atoms with Gasteiger partial charge in [-0.3, -0.25) is 0 Å². The molecule has 59 heavy (non-hydrogen) atoms. The molecule has 0 amide bonds. The van der Waals surface area contributed by atoms with Crippen LogP contribution in [0.5, 0.6) is 0 Å². The maximum atomic E-state index is 13.8. The normalized spacial score (nSPS) is 23.8. The standard InChI is InChI=1S/C45H38O14/c46-39(28-16-6-1-7-17-28)54-33-26-52-44(51)37(35(33)56-41(48)30-20-10-3-11-21-30)59-45-38(58-43(50)32-24-14-5-15-25-32)36(57-42(49)31-22-12-4-13-23-31)34(27-53-45)55-40(47)29-18-8-2-9-19-29/h1-25,33-38,44-45,51H,26-27H2/t33-,34-,35+,36+,37-,38-,44+,45+/m1/s1. The summed E-state index contributed by atoms with van der Waals surface area (Å²) in [5, 5.41) is 11.3. The van der Waals surface area contributed by atoms with Gasteiger partial charge < -0.3 is 43.0 Å². The van der Waals surface area contributed by atoms with Crippen LogP contribution < -0.4 is 0 Å². The number of rotatable bonds is 12. The molecule has 14 nitrogen and oxygen atoms in total. The van der Waals surface area contributed by atoms with Gasteiger partial charge in [0.1, 0.15) is 0 Å². The van der Waals surface area contributed by atoms with E-state index >= 15 is 0 Å². The van der Waals surface area contributed by atoms with E-state index in [1.54, 1.807) is 91.0 Å². The zero-order valence-corrected chi connectivity index (χ0v) is 31.2. The highest BCUT2D eigenvalue weighted by Crippen LogP contribution is 2.32. The third kappa shape index (κ3) is 10.1. The highest BCUT2D eigenvalue weighted by molar-refractivity contribution is 5.92. The highest BCUT2D eigenvalue weighted by Gasteiger charge is 2.53. The van der Waals surface area contributed by atoms with Crippen LogP contribution in [0.1, 0.15) is 51.8 Å². The summed E-state index contributed by atoms with van der Waals surface area (Å²) in [5.74, 6) is -4.18. The average molecular weight is 803 g/mol. The molecule has 0 radical (unpaired) electrons. The number of carbonyl (C=O) groups excluding carboxylic acids is 5. The van der Waals surface area contributed by atoms with Crippen molar-refractivity contribution in [2.24, 2.45) is 0 Å². The van der Waals surface area contributed by atoms with Crippen LogP contribution in [0.4, 0.5) is 0 Å². The number of benzene rings is 5. The molecule has 5 aromatic carbocycles. The lowest BCUT2D eigenvalue weighted by Gasteiger charge is -2.44. The largest absolute Gasteiger partial charge is 0.452 e. The van der Waals surface area contributed by atoms with E-state index in [9.17, 15) is 29.1 Å². The van der Waals surface area contributed by atoms with Crippen LogP contribution in [0, 0.1) is 0 Å². The van der Waals surface area contributed by atoms with Gasteiger partial charge in [0.15, 0.2) is 49.2 Å². The minimum absolute atomic E-state index is 0.103. The molecule has 2 heterocycles. The van der Waals surface area contributed by atoms with E-state index in [1.807, 2.05) is 0 Å². The summed E-state index contributed by atoms with van der Waals surface area (Å²) in [5.41, 5.74) is 0.737. The highest BCUT2D eigenvalue weighted by atomic mass is 16.8. The van der Waals surface area contributed by atoms with Gasteiger partial charge in [-0.05, 0) is 60.7 Å². The van der Waals surface area contributed by atoms with Crippen LogP contribution in [0.3, 0.4) is 0 Å². The fourth-order valence-corrected chi connectivity index (χ4v) is 6.39. The smallest absolute Gasteiger partial charge is 0.338 e. The first-order valence-electron chi connectivity index (χ1n) is 18.6. The van der Waals surface area contributed by atoms with Crippen molar-refractivity contribution in [3.63, 3.8) is 0 Å². The Balaban J connectivity index is 1.24. The van der Waals surface area contributed by atoms with Crippen molar-refractivity contribution in [1.82, 2.24) is 0 Å². The molecule has 2 aliphatic heterocycles. The van der Waals surface area contributed by atoms with Crippen LogP contribution in [-0.4, -0.2) is 97.4 Å². The molecule has 0 unspecified atom stereocenters. The van der Waals surface area contributed by atoms with Crippen molar-refractivity contribution in [2.45, 2.75) is 49.2 Å². The lowest BCUT2D eigenvalue weighted by Crippen LogP contribution is -2.63. The van der Waals surface area contributed by atoms with E-state index < -0.39 is 92.3 Å². The second-order valence-electron chi connectivity index (χ2n) is 13.4. The molecule has 302 valence electrons. The summed E-state index contributed by atoms with van der Waals surface area (Å²) in [4.78, 5) is 67.7. The number of ether oxygens (including phenoxy) is 8. The number of carbonyl (C=O) groups is 5. The first-order valence-corrected chi connectivity index (χ1v) is 18.6. The lowest BCUT2D eigenvalue weighted by atomic mass is 10.0. The quantitative estimate of drug-likeness (QED) is 0.128. The summed E-state index contributed by atoms with van der Waals surface area (Å²) in [7, 11) is 0. The molecule has 0 bridgehead atoms. The summed E-state index contributed by atoms with van der Waals surface area (Å²) in [6.45, 7) is -0.890. The molecule has 2 saturated heterocycles. The molecule has 1 N–H and O–H groups in total. The van der Waals surface area contributed by atoms with Crippen molar-refractivity contribution in [3.05, 3.63) is 179 Å². The molecule has 2 aliphatic rings. The van der Waals surface area contributed by atoms with Crippen LogP contribution in [0.25, 0.3) is 0 Å². The summed E-state index contributed by atoms with van der Waals surface area (Å²) in [6, 6.07) is 39.9. The van der Waals surface area contributed by atoms with Gasteiger partial charge in [0, 0.05) is 0 Å². The van der Waals surface area contributed by atoms with E-state index in [2.05, 4.69) is 0 Å². The van der Waals surface area contributed by atoms with Crippen molar-refractivity contribution in [1.29, 1.82) is 0 Å². The molecule has 7 rings (SSSR count). The van der Waals surface area contributed by atoms with Gasteiger partial charge in [0.2, 0.25) is 0 Å². The number of hydrogen-bond acceptors (Lipinski definition) is 14. The molecule has 0 saturated carbocycles. The molecule has 5 aromatic rings. The van der Waals surface area contributed by atoms with Crippen molar-refractivity contribution >= 4 is 29.8 Å². The fraction of sp³-hybridized carbons (Fsp3) is 0.222. The average Bonchev–Trinajstić information content (AvgIpc) is 3.28. The molecular weight excluding hydrogens is 764 g/mol. The summed E-state index contributed by atoms with van der Waals surface area (Å²) < 4.78 is 47.6. The first-order chi connectivity index (χ1) is 28.7. The third-order valence-electron chi connectivity index (χ3n) is 9.37. The Hall–Kier alpha value is -6.71. The monoisotopic (exact) mass is 802 g/mol. The topological polar surface area (TPSA) is 179 Å². The Morgan fingerprint density at radius 2 is 0.678 bits per heavy atom. The molecule has 14 heteroatoms. The minimum Gasteiger partial charge on any atom is -0.452 e. The summed E-state index contributed by atoms with van der Waals surface area (Å²) >= 11 is 0. The van der Waals surface area contributed by atoms with Crippen LogP contribution in [-0.2, 0) is 37.9 Å². The predicted octanol–water partition coefficient (Wildman–Crippen LogP) is 5.20. The fourth-order valence-electron chi connectivity index (χ4n) is 6.39. The van der Waals surface area contributed by atoms with Crippen LogP contribution in [0.15, 0.2) is 152 Å². The van der Waals surface area contributed by atoms with Gasteiger partial charge in [0.25, 0.3) is 0 Å². The van der Waals surface area contributed by atoms with Gasteiger partial charge in [-0.25, -0.2) is 24.0 Å². The maximum absolute atomic E-state index is 13.8. The Morgan fingerprint density at radius 3 is 1.03 bits per heavy atom. The Bertz CT molecular complexity index is 2190. The molecule has 0 aromatic heterocycles. The van der Waals surface area contributed by atoms with Gasteiger partial charge in [0.05, 0.1) is 41.0 Å². The van der Waals surface area contributed by atoms with Crippen molar-refractivity contribution in [2.75, 3.05) is 13.2 Å². The zero-order valence-electron chi connectivity index (χ0n) is 31.2. The second-order valence-corrected chi connectivity index (χ2v) is 13.4. The predicted molar refractivity (Wildman–Crippen MR) is 205 cm³/mol. The Morgan fingerprint density at radius 1 is 0.390 bits per heavy atom. The van der Waals surface area contributed by atoms with E-state index in [1.165, 1.54) is 60.7 Å². The minimum atomic E-state index is -1.83. The van der Waals surface area contributed by atoms with Crippen molar-refractivity contribution < 1.29 is 67.0 Å². The van der Waals surface area contributed by atoms with Gasteiger partial charge >= 0.3 is 29.8 Å². The second kappa shape index (κ2) is 19.2. The van der Waals surface area contributed by atoms with Gasteiger partial charge in [-0.2, -0.15) is 0 Å². The molecule has 0 aliphatic carbocycles. The molecule has 8 atom stereocenters. The Kier molecular flexibility index (Phi) is 13.1. The van der Waals surface area contributed by atoms with E-state index in [0.29, 0.717) is 0 Å². The maximum Gasteiger partial charge on any atom is 0.338 e. The van der Waals surface area contributed by atoms with Gasteiger partial charge in [-0.15, -0.1) is 0 Å². The molecule has 0 spiro atoms. The van der Waals surface area contributed by atoms with E-state index in [4.69, 9.17) is 37.9 Å². The zero-order chi connectivity index (χ0) is 41.1. The lowest BCUT2D eigenvalue weighted by molar-refractivity contribution is -0.334. The first kappa shape index (κ1) is 40.5. The van der Waals surface area contributed by atoms with Crippen molar-refractivity contribution in [3.8, 4) is 0 Å². The third-order valence-corrected chi connectivity index (χ3v) is 9.37. The SMILES string of the molecule is O=C(O[C@@H]1[C@@H](O[C@@H]2OC[C@@H](OC(=O)c3ccccc3)[C@H](OC(=O)c3ccccc3)[C@H]2OC(=O)c2ccccc2)[C@@H](O)OC[C@H]1OC(=O)c1ccccc1)c1ccccc1. The van der Waals surface area contributed by atoms with Crippen LogP contribution in [0.2, 0.25) is 0 Å². The molecule has 2 fully saturated rings. The Labute approximate surface area is 338 Å². The number of esters is 5.